The molecule has 0 amide bonds. The van der Waals surface area contributed by atoms with Crippen LogP contribution in [0.3, 0.4) is 0 Å². The molecule has 0 aromatic carbocycles. The molecular formula is C9H18OSi. The first-order valence-electron chi connectivity index (χ1n) is 4.30. The van der Waals surface area contributed by atoms with Crippen molar-refractivity contribution in [2.45, 2.75) is 38.6 Å². The molecule has 2 atom stereocenters. The van der Waals surface area contributed by atoms with Gasteiger partial charge in [0.1, 0.15) is 0 Å². The molecule has 1 nitrogen and oxygen atoms in total. The predicted molar refractivity (Wildman–Crippen MR) is 51.2 cm³/mol. The lowest BCUT2D eigenvalue weighted by atomic mass is 10.0. The molecule has 1 aliphatic rings. The van der Waals surface area contributed by atoms with Gasteiger partial charge in [-0.3, -0.25) is 0 Å². The summed E-state index contributed by atoms with van der Waals surface area (Å²) in [6.07, 6.45) is 0.725. The average Bonchev–Trinajstić information content (AvgIpc) is 1.83. The van der Waals surface area contributed by atoms with Crippen molar-refractivity contribution in [1.82, 2.24) is 0 Å². The van der Waals surface area contributed by atoms with Crippen molar-refractivity contribution >= 4 is 8.07 Å². The third-order valence-electron chi connectivity index (χ3n) is 2.90. The van der Waals surface area contributed by atoms with Crippen molar-refractivity contribution in [1.29, 1.82) is 0 Å². The molecule has 0 spiro atoms. The Labute approximate surface area is 70.1 Å². The van der Waals surface area contributed by atoms with E-state index in [2.05, 4.69) is 26.6 Å². The molecule has 1 fully saturated rings. The first kappa shape index (κ1) is 9.01. The minimum Gasteiger partial charge on any atom is -0.393 e. The summed E-state index contributed by atoms with van der Waals surface area (Å²) in [5.41, 5.74) is 0. The zero-order valence-corrected chi connectivity index (χ0v) is 8.72. The molecule has 2 unspecified atom stereocenters. The molecule has 64 valence electrons. The molecule has 0 saturated carbocycles. The second kappa shape index (κ2) is 2.76. The van der Waals surface area contributed by atoms with Crippen molar-refractivity contribution < 1.29 is 5.11 Å². The van der Waals surface area contributed by atoms with E-state index in [4.69, 9.17) is 0 Å². The zero-order valence-electron chi connectivity index (χ0n) is 7.72. The van der Waals surface area contributed by atoms with Gasteiger partial charge in [0.25, 0.3) is 0 Å². The topological polar surface area (TPSA) is 20.2 Å². The van der Waals surface area contributed by atoms with E-state index in [0.717, 1.165) is 6.42 Å². The van der Waals surface area contributed by atoms with E-state index in [0.29, 0.717) is 5.92 Å². The van der Waals surface area contributed by atoms with Crippen LogP contribution in [0.15, 0.2) is 11.8 Å². The highest BCUT2D eigenvalue weighted by atomic mass is 28.3. The summed E-state index contributed by atoms with van der Waals surface area (Å²) < 4.78 is 0. The van der Waals surface area contributed by atoms with E-state index in [1.807, 2.05) is 0 Å². The molecule has 1 saturated heterocycles. The van der Waals surface area contributed by atoms with E-state index < -0.39 is 8.07 Å². The molecule has 0 aliphatic carbocycles. The van der Waals surface area contributed by atoms with Crippen LogP contribution in [-0.4, -0.2) is 19.3 Å². The number of aliphatic hydroxyl groups is 1. The van der Waals surface area contributed by atoms with Gasteiger partial charge in [0.15, 0.2) is 0 Å². The minimum atomic E-state index is -1.15. The lowest BCUT2D eigenvalue weighted by Gasteiger charge is -2.37. The Morgan fingerprint density at radius 1 is 1.55 bits per heavy atom. The number of hydrogen-bond acceptors (Lipinski definition) is 1. The molecule has 0 aromatic rings. The molecule has 0 aromatic heterocycles. The normalized spacial score (nSPS) is 37.3. The van der Waals surface area contributed by atoms with Gasteiger partial charge in [-0.1, -0.05) is 25.2 Å². The molecule has 1 aliphatic heterocycles. The first-order chi connectivity index (χ1) is 4.93. The summed E-state index contributed by atoms with van der Waals surface area (Å²) in [4.78, 5) is 0. The van der Waals surface area contributed by atoms with Crippen molar-refractivity contribution in [2.24, 2.45) is 5.92 Å². The second-order valence-electron chi connectivity index (χ2n) is 4.44. The zero-order chi connectivity index (χ0) is 8.65. The molecule has 1 rings (SSSR count). The fraction of sp³-hybridized carbons (Fsp3) is 0.778. The summed E-state index contributed by atoms with van der Waals surface area (Å²) in [7, 11) is -1.15. The maximum Gasteiger partial charge on any atom is 0.0751 e. The number of rotatable bonds is 0. The van der Waals surface area contributed by atoms with Crippen LogP contribution in [-0.2, 0) is 0 Å². The highest BCUT2D eigenvalue weighted by Gasteiger charge is 2.35. The minimum absolute atomic E-state index is 0.122. The highest BCUT2D eigenvalue weighted by Crippen LogP contribution is 2.34. The molecular weight excluding hydrogens is 152 g/mol. The lowest BCUT2D eigenvalue weighted by molar-refractivity contribution is 0.121. The molecule has 0 bridgehead atoms. The molecule has 1 heterocycles. The van der Waals surface area contributed by atoms with Crippen LogP contribution in [0.4, 0.5) is 0 Å². The SMILES string of the molecule is C=C1CC(O)C(C)C[Si]1(C)C. The quantitative estimate of drug-likeness (QED) is 0.553. The van der Waals surface area contributed by atoms with Crippen molar-refractivity contribution in [3.05, 3.63) is 11.8 Å². The van der Waals surface area contributed by atoms with E-state index in [-0.39, 0.29) is 6.10 Å². The summed E-state index contributed by atoms with van der Waals surface area (Å²) in [5.74, 6) is 0.488. The molecule has 1 N–H and O–H groups in total. The Balaban J connectivity index is 2.71. The van der Waals surface area contributed by atoms with Crippen LogP contribution in [0.25, 0.3) is 0 Å². The maximum absolute atomic E-state index is 9.54. The van der Waals surface area contributed by atoms with E-state index in [9.17, 15) is 5.11 Å². The molecule has 2 heteroatoms. The van der Waals surface area contributed by atoms with Gasteiger partial charge < -0.3 is 5.11 Å². The smallest absolute Gasteiger partial charge is 0.0751 e. The van der Waals surface area contributed by atoms with Gasteiger partial charge in [0.2, 0.25) is 0 Å². The van der Waals surface area contributed by atoms with Gasteiger partial charge in [-0.25, -0.2) is 0 Å². The van der Waals surface area contributed by atoms with Gasteiger partial charge in [-0.05, 0) is 18.4 Å². The van der Waals surface area contributed by atoms with E-state index >= 15 is 0 Å². The van der Waals surface area contributed by atoms with Crippen LogP contribution in [0.5, 0.6) is 0 Å². The summed E-state index contributed by atoms with van der Waals surface area (Å²) in [5, 5.41) is 10.9. The van der Waals surface area contributed by atoms with Gasteiger partial charge in [0, 0.05) is 0 Å². The van der Waals surface area contributed by atoms with Gasteiger partial charge in [-0.2, -0.15) is 0 Å². The number of aliphatic hydroxyl groups excluding tert-OH is 1. The highest BCUT2D eigenvalue weighted by molar-refractivity contribution is 6.84. The Bertz CT molecular complexity index is 174. The Kier molecular flexibility index (Phi) is 2.26. The van der Waals surface area contributed by atoms with Gasteiger partial charge >= 0.3 is 0 Å². The maximum atomic E-state index is 9.54. The Morgan fingerprint density at radius 3 is 2.55 bits per heavy atom. The summed E-state index contributed by atoms with van der Waals surface area (Å²) in [6, 6.07) is 1.20. The van der Waals surface area contributed by atoms with Crippen molar-refractivity contribution in [2.75, 3.05) is 0 Å². The standard InChI is InChI=1S/C9H18OSi/c1-7-6-11(3,4)8(2)5-9(7)10/h7,9-10H,2,5-6H2,1,3-4H3. The molecule has 11 heavy (non-hydrogen) atoms. The monoisotopic (exact) mass is 170 g/mol. The van der Waals surface area contributed by atoms with Crippen LogP contribution >= 0.6 is 0 Å². The Hall–Kier alpha value is -0.0831. The van der Waals surface area contributed by atoms with Gasteiger partial charge in [0.05, 0.1) is 14.2 Å². The van der Waals surface area contributed by atoms with Crippen LogP contribution in [0.1, 0.15) is 13.3 Å². The van der Waals surface area contributed by atoms with Crippen LogP contribution in [0, 0.1) is 5.92 Å². The third-order valence-corrected chi connectivity index (χ3v) is 6.68. The third kappa shape index (κ3) is 1.74. The average molecular weight is 170 g/mol. The largest absolute Gasteiger partial charge is 0.393 e. The van der Waals surface area contributed by atoms with Gasteiger partial charge in [-0.15, -0.1) is 6.58 Å². The lowest BCUT2D eigenvalue weighted by Crippen LogP contribution is -2.41. The van der Waals surface area contributed by atoms with Crippen molar-refractivity contribution in [3.8, 4) is 0 Å². The fourth-order valence-corrected chi connectivity index (χ4v) is 4.75. The summed E-state index contributed by atoms with van der Waals surface area (Å²) >= 11 is 0. The van der Waals surface area contributed by atoms with Crippen LogP contribution < -0.4 is 0 Å². The van der Waals surface area contributed by atoms with E-state index in [1.165, 1.54) is 11.2 Å². The predicted octanol–water partition coefficient (Wildman–Crippen LogP) is 2.19. The molecule has 0 radical (unpaired) electrons. The van der Waals surface area contributed by atoms with Crippen molar-refractivity contribution in [3.63, 3.8) is 0 Å². The Morgan fingerprint density at radius 2 is 2.09 bits per heavy atom. The fourth-order valence-electron chi connectivity index (χ4n) is 1.82. The van der Waals surface area contributed by atoms with E-state index in [1.54, 1.807) is 0 Å². The number of hydrogen-bond donors (Lipinski definition) is 1. The summed E-state index contributed by atoms with van der Waals surface area (Å²) in [6.45, 7) is 10.9. The van der Waals surface area contributed by atoms with Crippen LogP contribution in [0.2, 0.25) is 19.1 Å². The second-order valence-corrected chi connectivity index (χ2v) is 9.32. The first-order valence-corrected chi connectivity index (χ1v) is 7.50.